The third kappa shape index (κ3) is 4.87. The second-order valence-corrected chi connectivity index (χ2v) is 5.32. The van der Waals surface area contributed by atoms with E-state index in [0.29, 0.717) is 18.7 Å². The molecular formula is C14H21FN2O2. The molecule has 0 spiro atoms. The second-order valence-electron chi connectivity index (χ2n) is 5.32. The number of rotatable bonds is 6. The zero-order valence-electron chi connectivity index (χ0n) is 11.6. The van der Waals surface area contributed by atoms with Gasteiger partial charge in [-0.1, -0.05) is 13.8 Å². The SMILES string of the molecule is COCCC(C)(C)CNC(=O)c1ccc(F)cc1N. The van der Waals surface area contributed by atoms with Crippen LogP contribution < -0.4 is 11.1 Å². The van der Waals surface area contributed by atoms with Crippen molar-refractivity contribution in [3.63, 3.8) is 0 Å². The van der Waals surface area contributed by atoms with Gasteiger partial charge >= 0.3 is 0 Å². The van der Waals surface area contributed by atoms with E-state index in [1.54, 1.807) is 7.11 Å². The van der Waals surface area contributed by atoms with Crippen LogP contribution in [0.1, 0.15) is 30.6 Å². The van der Waals surface area contributed by atoms with Gasteiger partial charge in [-0.2, -0.15) is 0 Å². The summed E-state index contributed by atoms with van der Waals surface area (Å²) >= 11 is 0. The number of anilines is 1. The summed E-state index contributed by atoms with van der Waals surface area (Å²) in [6.45, 7) is 5.23. The van der Waals surface area contributed by atoms with Crippen LogP contribution in [0.3, 0.4) is 0 Å². The molecular weight excluding hydrogens is 247 g/mol. The third-order valence-electron chi connectivity index (χ3n) is 2.97. The fourth-order valence-electron chi connectivity index (χ4n) is 1.62. The van der Waals surface area contributed by atoms with Crippen molar-refractivity contribution in [1.29, 1.82) is 0 Å². The number of hydrogen-bond acceptors (Lipinski definition) is 3. The average Bonchev–Trinajstić information content (AvgIpc) is 2.34. The maximum atomic E-state index is 12.9. The maximum Gasteiger partial charge on any atom is 0.253 e. The first kappa shape index (κ1) is 15.4. The van der Waals surface area contributed by atoms with Crippen LogP contribution in [0.5, 0.6) is 0 Å². The van der Waals surface area contributed by atoms with Gasteiger partial charge in [-0.05, 0) is 30.0 Å². The Morgan fingerprint density at radius 1 is 1.47 bits per heavy atom. The number of carbonyl (C=O) groups is 1. The van der Waals surface area contributed by atoms with Crippen molar-refractivity contribution < 1.29 is 13.9 Å². The molecule has 0 saturated heterocycles. The van der Waals surface area contributed by atoms with Gasteiger partial charge in [-0.15, -0.1) is 0 Å². The minimum absolute atomic E-state index is 0.0690. The predicted octanol–water partition coefficient (Wildman–Crippen LogP) is 2.20. The van der Waals surface area contributed by atoms with Crippen molar-refractivity contribution in [2.75, 3.05) is 26.0 Å². The minimum Gasteiger partial charge on any atom is -0.398 e. The second kappa shape index (κ2) is 6.52. The van der Waals surface area contributed by atoms with E-state index in [2.05, 4.69) is 5.32 Å². The molecule has 0 aromatic heterocycles. The van der Waals surface area contributed by atoms with E-state index >= 15 is 0 Å². The highest BCUT2D eigenvalue weighted by molar-refractivity contribution is 5.99. The number of nitrogen functional groups attached to an aromatic ring is 1. The molecule has 106 valence electrons. The van der Waals surface area contributed by atoms with Crippen molar-refractivity contribution in [3.8, 4) is 0 Å². The van der Waals surface area contributed by atoms with Crippen molar-refractivity contribution in [2.45, 2.75) is 20.3 Å². The Morgan fingerprint density at radius 2 is 2.16 bits per heavy atom. The number of nitrogens with one attached hydrogen (secondary N) is 1. The van der Waals surface area contributed by atoms with Crippen LogP contribution in [0.25, 0.3) is 0 Å². The number of methoxy groups -OCH3 is 1. The number of halogens is 1. The molecule has 3 N–H and O–H groups in total. The number of carbonyl (C=O) groups excluding carboxylic acids is 1. The standard InChI is InChI=1S/C14H21FN2O2/c1-14(2,6-7-19-3)9-17-13(18)11-5-4-10(15)8-12(11)16/h4-5,8H,6-7,9,16H2,1-3H3,(H,17,18). The van der Waals surface area contributed by atoms with Gasteiger partial charge in [0.05, 0.1) is 5.56 Å². The topological polar surface area (TPSA) is 64.3 Å². The van der Waals surface area contributed by atoms with Crippen LogP contribution >= 0.6 is 0 Å². The van der Waals surface area contributed by atoms with Gasteiger partial charge in [0.1, 0.15) is 5.82 Å². The Kier molecular flexibility index (Phi) is 5.30. The molecule has 1 aromatic carbocycles. The lowest BCUT2D eigenvalue weighted by molar-refractivity contribution is 0.0922. The molecule has 0 aliphatic rings. The molecule has 0 aliphatic carbocycles. The van der Waals surface area contributed by atoms with Crippen LogP contribution in [0.2, 0.25) is 0 Å². The highest BCUT2D eigenvalue weighted by Gasteiger charge is 2.19. The fraction of sp³-hybridized carbons (Fsp3) is 0.500. The molecule has 0 bridgehead atoms. The molecule has 0 aliphatic heterocycles. The zero-order chi connectivity index (χ0) is 14.5. The molecule has 0 fully saturated rings. The van der Waals surface area contributed by atoms with Gasteiger partial charge in [-0.25, -0.2) is 4.39 Å². The molecule has 0 unspecified atom stereocenters. The van der Waals surface area contributed by atoms with Crippen LogP contribution in [0.4, 0.5) is 10.1 Å². The lowest BCUT2D eigenvalue weighted by Gasteiger charge is -2.24. The van der Waals surface area contributed by atoms with Crippen molar-refractivity contribution in [3.05, 3.63) is 29.6 Å². The van der Waals surface area contributed by atoms with Crippen LogP contribution in [0, 0.1) is 11.2 Å². The summed E-state index contributed by atoms with van der Waals surface area (Å²) in [6, 6.07) is 3.76. The number of nitrogens with two attached hydrogens (primary N) is 1. The molecule has 4 nitrogen and oxygen atoms in total. The first-order valence-corrected chi connectivity index (χ1v) is 6.18. The summed E-state index contributed by atoms with van der Waals surface area (Å²) in [6.07, 6.45) is 0.836. The molecule has 5 heteroatoms. The minimum atomic E-state index is -0.450. The first-order chi connectivity index (χ1) is 8.85. The summed E-state index contributed by atoms with van der Waals surface area (Å²) in [5, 5.41) is 2.81. The van der Waals surface area contributed by atoms with Gasteiger partial charge in [0.2, 0.25) is 0 Å². The highest BCUT2D eigenvalue weighted by Crippen LogP contribution is 2.19. The molecule has 1 rings (SSSR count). The summed E-state index contributed by atoms with van der Waals surface area (Å²) in [5.74, 6) is -0.738. The Bertz CT molecular complexity index is 447. The third-order valence-corrected chi connectivity index (χ3v) is 2.97. The van der Waals surface area contributed by atoms with Crippen LogP contribution in [-0.4, -0.2) is 26.2 Å². The number of benzene rings is 1. The number of amides is 1. The molecule has 0 saturated carbocycles. The molecule has 1 aromatic rings. The van der Waals surface area contributed by atoms with E-state index < -0.39 is 5.82 Å². The zero-order valence-corrected chi connectivity index (χ0v) is 11.6. The Labute approximate surface area is 113 Å². The van der Waals surface area contributed by atoms with E-state index in [0.717, 1.165) is 12.5 Å². The normalized spacial score (nSPS) is 11.4. The average molecular weight is 268 g/mol. The molecule has 0 atom stereocenters. The van der Waals surface area contributed by atoms with Crippen molar-refractivity contribution >= 4 is 11.6 Å². The largest absolute Gasteiger partial charge is 0.398 e. The smallest absolute Gasteiger partial charge is 0.253 e. The van der Waals surface area contributed by atoms with E-state index in [4.69, 9.17) is 10.5 Å². The predicted molar refractivity (Wildman–Crippen MR) is 73.4 cm³/mol. The fourth-order valence-corrected chi connectivity index (χ4v) is 1.62. The Morgan fingerprint density at radius 3 is 2.74 bits per heavy atom. The van der Waals surface area contributed by atoms with Gasteiger partial charge in [-0.3, -0.25) is 4.79 Å². The lowest BCUT2D eigenvalue weighted by Crippen LogP contribution is -2.35. The molecule has 0 heterocycles. The van der Waals surface area contributed by atoms with E-state index in [9.17, 15) is 9.18 Å². The summed E-state index contributed by atoms with van der Waals surface area (Å²) < 4.78 is 17.9. The van der Waals surface area contributed by atoms with Crippen molar-refractivity contribution in [1.82, 2.24) is 5.32 Å². The summed E-state index contributed by atoms with van der Waals surface area (Å²) in [4.78, 5) is 12.0. The van der Waals surface area contributed by atoms with Crippen LogP contribution in [0.15, 0.2) is 18.2 Å². The number of ether oxygens (including phenoxy) is 1. The van der Waals surface area contributed by atoms with E-state index in [1.807, 2.05) is 13.8 Å². The molecule has 1 amide bonds. The maximum absolute atomic E-state index is 12.9. The summed E-state index contributed by atoms with van der Waals surface area (Å²) in [5.41, 5.74) is 5.99. The molecule has 0 radical (unpaired) electrons. The van der Waals surface area contributed by atoms with E-state index in [-0.39, 0.29) is 17.0 Å². The van der Waals surface area contributed by atoms with Gasteiger partial charge < -0.3 is 15.8 Å². The highest BCUT2D eigenvalue weighted by atomic mass is 19.1. The quantitative estimate of drug-likeness (QED) is 0.777. The Hall–Kier alpha value is -1.62. The van der Waals surface area contributed by atoms with E-state index in [1.165, 1.54) is 12.1 Å². The first-order valence-electron chi connectivity index (χ1n) is 6.18. The summed E-state index contributed by atoms with van der Waals surface area (Å²) in [7, 11) is 1.65. The van der Waals surface area contributed by atoms with Gasteiger partial charge in [0, 0.05) is 25.9 Å². The Balaban J connectivity index is 2.60. The van der Waals surface area contributed by atoms with Crippen LogP contribution in [-0.2, 0) is 4.74 Å². The molecule has 19 heavy (non-hydrogen) atoms. The monoisotopic (exact) mass is 268 g/mol. The lowest BCUT2D eigenvalue weighted by atomic mass is 9.89. The van der Waals surface area contributed by atoms with Gasteiger partial charge in [0.25, 0.3) is 5.91 Å². The van der Waals surface area contributed by atoms with Crippen molar-refractivity contribution in [2.24, 2.45) is 5.41 Å². The van der Waals surface area contributed by atoms with Gasteiger partial charge in [0.15, 0.2) is 0 Å². The number of hydrogen-bond donors (Lipinski definition) is 2.